The van der Waals surface area contributed by atoms with Gasteiger partial charge in [0.2, 0.25) is 0 Å². The summed E-state index contributed by atoms with van der Waals surface area (Å²) >= 11 is 0. The molecule has 1 aliphatic rings. The molecule has 1 atom stereocenters. The van der Waals surface area contributed by atoms with Crippen molar-refractivity contribution in [3.8, 4) is 0 Å². The molecule has 0 spiro atoms. The van der Waals surface area contributed by atoms with Gasteiger partial charge in [-0.05, 0) is 37.5 Å². The quantitative estimate of drug-likeness (QED) is 0.893. The number of carbonyl (C=O) groups excluding carboxylic acids is 1. The van der Waals surface area contributed by atoms with E-state index in [1.165, 1.54) is 17.0 Å². The molecule has 1 aromatic rings. The maximum absolute atomic E-state index is 13.0. The Labute approximate surface area is 126 Å². The molecule has 2 rings (SSSR count). The lowest BCUT2D eigenvalue weighted by Crippen LogP contribution is -2.41. The predicted octanol–water partition coefficient (Wildman–Crippen LogP) is 2.01. The second kappa shape index (κ2) is 6.29. The molecule has 1 fully saturated rings. The Kier molecular flexibility index (Phi) is 4.63. The van der Waals surface area contributed by atoms with Crippen LogP contribution >= 0.6 is 0 Å². The van der Waals surface area contributed by atoms with Crippen LogP contribution in [0.5, 0.6) is 0 Å². The van der Waals surface area contributed by atoms with E-state index in [9.17, 15) is 18.4 Å². The highest BCUT2D eigenvalue weighted by molar-refractivity contribution is 5.79. The van der Waals surface area contributed by atoms with E-state index in [2.05, 4.69) is 5.32 Å². The second-order valence-corrected chi connectivity index (χ2v) is 5.80. The fourth-order valence-electron chi connectivity index (χ4n) is 2.49. The van der Waals surface area contributed by atoms with Gasteiger partial charge in [0.25, 0.3) is 0 Å². The van der Waals surface area contributed by atoms with Gasteiger partial charge in [-0.25, -0.2) is 13.6 Å². The average Bonchev–Trinajstić information content (AvgIpc) is 2.82. The third-order valence-corrected chi connectivity index (χ3v) is 3.89. The van der Waals surface area contributed by atoms with Crippen LogP contribution in [0.4, 0.5) is 13.6 Å². The van der Waals surface area contributed by atoms with Crippen LogP contribution in [0, 0.1) is 17.0 Å². The zero-order valence-corrected chi connectivity index (χ0v) is 12.2. The highest BCUT2D eigenvalue weighted by Crippen LogP contribution is 2.29. The van der Waals surface area contributed by atoms with Crippen molar-refractivity contribution in [1.29, 1.82) is 0 Å². The van der Waals surface area contributed by atoms with Crippen LogP contribution in [0.2, 0.25) is 0 Å². The van der Waals surface area contributed by atoms with Gasteiger partial charge in [-0.3, -0.25) is 4.79 Å². The first kappa shape index (κ1) is 16.2. The van der Waals surface area contributed by atoms with Crippen molar-refractivity contribution < 1.29 is 23.5 Å². The van der Waals surface area contributed by atoms with Crippen LogP contribution in [0.25, 0.3) is 0 Å². The van der Waals surface area contributed by atoms with Gasteiger partial charge in [0.15, 0.2) is 0 Å². The molecule has 0 saturated carbocycles. The Morgan fingerprint density at radius 1 is 1.32 bits per heavy atom. The number of aliphatic carboxylic acids is 1. The van der Waals surface area contributed by atoms with Crippen LogP contribution in [-0.4, -0.2) is 41.6 Å². The van der Waals surface area contributed by atoms with Gasteiger partial charge in [-0.15, -0.1) is 0 Å². The molecule has 0 aromatic heterocycles. The summed E-state index contributed by atoms with van der Waals surface area (Å²) in [5.41, 5.74) is -0.460. The SMILES string of the molecule is CC1(C(=O)O)CCN(C(=O)NCCc2cc(F)cc(F)c2)C1. The molecule has 2 N–H and O–H groups in total. The normalized spacial score (nSPS) is 21.0. The van der Waals surface area contributed by atoms with Crippen LogP contribution in [0.1, 0.15) is 18.9 Å². The van der Waals surface area contributed by atoms with Gasteiger partial charge in [0.1, 0.15) is 11.6 Å². The number of nitrogens with one attached hydrogen (secondary N) is 1. The molecule has 0 aliphatic carbocycles. The molecule has 0 bridgehead atoms. The van der Waals surface area contributed by atoms with Crippen molar-refractivity contribution >= 4 is 12.0 Å². The van der Waals surface area contributed by atoms with Crippen molar-refractivity contribution in [2.75, 3.05) is 19.6 Å². The fraction of sp³-hybridized carbons (Fsp3) is 0.467. The minimum absolute atomic E-state index is 0.156. The summed E-state index contributed by atoms with van der Waals surface area (Å²) in [5, 5.41) is 11.8. The average molecular weight is 312 g/mol. The number of hydrogen-bond acceptors (Lipinski definition) is 2. The second-order valence-electron chi connectivity index (χ2n) is 5.80. The van der Waals surface area contributed by atoms with Crippen LogP contribution in [0.15, 0.2) is 18.2 Å². The first-order chi connectivity index (χ1) is 10.3. The molecule has 1 unspecified atom stereocenters. The Morgan fingerprint density at radius 2 is 1.95 bits per heavy atom. The maximum atomic E-state index is 13.0. The molecule has 1 aromatic carbocycles. The van der Waals surface area contributed by atoms with Gasteiger partial charge in [0, 0.05) is 25.7 Å². The number of carbonyl (C=O) groups is 2. The highest BCUT2D eigenvalue weighted by atomic mass is 19.1. The van der Waals surface area contributed by atoms with Crippen molar-refractivity contribution in [2.45, 2.75) is 19.8 Å². The number of rotatable bonds is 4. The standard InChI is InChI=1S/C15H18F2N2O3/c1-15(13(20)21)3-5-19(9-15)14(22)18-4-2-10-6-11(16)8-12(17)7-10/h6-8H,2-5,9H2,1H3,(H,18,22)(H,20,21). The summed E-state index contributed by atoms with van der Waals surface area (Å²) in [6.07, 6.45) is 0.704. The lowest BCUT2D eigenvalue weighted by atomic mass is 9.90. The van der Waals surface area contributed by atoms with Crippen molar-refractivity contribution in [1.82, 2.24) is 10.2 Å². The smallest absolute Gasteiger partial charge is 0.317 e. The number of carboxylic acid groups (broad SMARTS) is 1. The third-order valence-electron chi connectivity index (χ3n) is 3.89. The zero-order chi connectivity index (χ0) is 16.3. The van der Waals surface area contributed by atoms with Crippen LogP contribution in [-0.2, 0) is 11.2 Å². The van der Waals surface area contributed by atoms with Crippen molar-refractivity contribution in [3.05, 3.63) is 35.4 Å². The Morgan fingerprint density at radius 3 is 2.50 bits per heavy atom. The van der Waals surface area contributed by atoms with E-state index in [0.29, 0.717) is 24.9 Å². The number of hydrogen-bond donors (Lipinski definition) is 2. The third kappa shape index (κ3) is 3.72. The van der Waals surface area contributed by atoms with Crippen molar-refractivity contribution in [3.63, 3.8) is 0 Å². The Balaban J connectivity index is 1.82. The van der Waals surface area contributed by atoms with E-state index in [0.717, 1.165) is 6.07 Å². The molecule has 0 radical (unpaired) electrons. The van der Waals surface area contributed by atoms with E-state index in [1.807, 2.05) is 0 Å². The summed E-state index contributed by atoms with van der Waals surface area (Å²) in [6, 6.07) is 2.86. The number of likely N-dealkylation sites (tertiary alicyclic amines) is 1. The van der Waals surface area contributed by atoms with Gasteiger partial charge < -0.3 is 15.3 Å². The number of amides is 2. The lowest BCUT2D eigenvalue weighted by Gasteiger charge is -2.20. The van der Waals surface area contributed by atoms with Crippen LogP contribution < -0.4 is 5.32 Å². The molecule has 7 heteroatoms. The Hall–Kier alpha value is -2.18. The monoisotopic (exact) mass is 312 g/mol. The number of carboxylic acids is 1. The molecule has 5 nitrogen and oxygen atoms in total. The summed E-state index contributed by atoms with van der Waals surface area (Å²) in [5.74, 6) is -2.23. The number of nitrogens with zero attached hydrogens (tertiary/aromatic N) is 1. The summed E-state index contributed by atoms with van der Waals surface area (Å²) in [4.78, 5) is 24.5. The first-order valence-corrected chi connectivity index (χ1v) is 7.01. The maximum Gasteiger partial charge on any atom is 0.317 e. The molecular weight excluding hydrogens is 294 g/mol. The molecular formula is C15H18F2N2O3. The van der Waals surface area contributed by atoms with Crippen molar-refractivity contribution in [2.24, 2.45) is 5.41 Å². The molecule has 120 valence electrons. The number of urea groups is 1. The molecule has 1 aliphatic heterocycles. The van der Waals surface area contributed by atoms with Gasteiger partial charge >= 0.3 is 12.0 Å². The minimum atomic E-state index is -0.918. The molecule has 2 amide bonds. The van der Waals surface area contributed by atoms with E-state index in [1.54, 1.807) is 6.92 Å². The van der Waals surface area contributed by atoms with E-state index in [-0.39, 0.29) is 19.1 Å². The van der Waals surface area contributed by atoms with E-state index in [4.69, 9.17) is 5.11 Å². The molecule has 1 heterocycles. The summed E-state index contributed by atoms with van der Waals surface area (Å²) in [7, 11) is 0. The van der Waals surface area contributed by atoms with E-state index >= 15 is 0 Å². The van der Waals surface area contributed by atoms with Crippen LogP contribution in [0.3, 0.4) is 0 Å². The lowest BCUT2D eigenvalue weighted by molar-refractivity contribution is -0.146. The predicted molar refractivity (Wildman–Crippen MR) is 75.4 cm³/mol. The molecule has 1 saturated heterocycles. The van der Waals surface area contributed by atoms with E-state index < -0.39 is 23.0 Å². The first-order valence-electron chi connectivity index (χ1n) is 7.01. The highest BCUT2D eigenvalue weighted by Gasteiger charge is 2.42. The van der Waals surface area contributed by atoms with Gasteiger partial charge in [0.05, 0.1) is 5.41 Å². The largest absolute Gasteiger partial charge is 0.481 e. The topological polar surface area (TPSA) is 69.6 Å². The fourth-order valence-corrected chi connectivity index (χ4v) is 2.49. The molecule has 22 heavy (non-hydrogen) atoms. The Bertz CT molecular complexity index is 574. The number of halogens is 2. The summed E-state index contributed by atoms with van der Waals surface area (Å²) < 4.78 is 26.1. The van der Waals surface area contributed by atoms with Gasteiger partial charge in [-0.2, -0.15) is 0 Å². The van der Waals surface area contributed by atoms with Gasteiger partial charge in [-0.1, -0.05) is 0 Å². The summed E-state index contributed by atoms with van der Waals surface area (Å²) in [6.45, 7) is 2.37. The zero-order valence-electron chi connectivity index (χ0n) is 12.2. The number of benzene rings is 1. The minimum Gasteiger partial charge on any atom is -0.481 e.